The molecule has 1 radical (unpaired) electrons. The molecule has 2 aromatic rings. The van der Waals surface area contributed by atoms with Crippen molar-refractivity contribution in [1.29, 1.82) is 0 Å². The van der Waals surface area contributed by atoms with Gasteiger partial charge in [-0.25, -0.2) is 0 Å². The first kappa shape index (κ1) is 8.72. The summed E-state index contributed by atoms with van der Waals surface area (Å²) in [5.41, 5.74) is 1.06. The topological polar surface area (TPSA) is 12.9 Å². The van der Waals surface area contributed by atoms with Gasteiger partial charge in [0, 0.05) is 41.1 Å². The van der Waals surface area contributed by atoms with E-state index in [9.17, 15) is 0 Å². The van der Waals surface area contributed by atoms with E-state index < -0.39 is 0 Å². The van der Waals surface area contributed by atoms with Crippen LogP contribution in [-0.2, 0) is 0 Å². The van der Waals surface area contributed by atoms with E-state index in [2.05, 4.69) is 17.1 Å². The van der Waals surface area contributed by atoms with Gasteiger partial charge in [-0.15, -0.1) is 0 Å². The van der Waals surface area contributed by atoms with Crippen LogP contribution < -0.4 is 0 Å². The van der Waals surface area contributed by atoms with Crippen LogP contribution >= 0.6 is 0 Å². The Bertz CT molecular complexity index is 281. The van der Waals surface area contributed by atoms with Crippen LogP contribution in [-0.4, -0.2) is 34.5 Å². The summed E-state index contributed by atoms with van der Waals surface area (Å²) in [4.78, 5) is 4.18. The van der Waals surface area contributed by atoms with Gasteiger partial charge < -0.3 is 0 Å². The summed E-state index contributed by atoms with van der Waals surface area (Å²) in [5.74, 6) is 0. The van der Waals surface area contributed by atoms with Crippen LogP contribution in [0.25, 0.3) is 10.9 Å². The molecule has 0 aliphatic rings. The number of benzene rings is 1. The third-order valence-electron chi connectivity index (χ3n) is 1.51. The van der Waals surface area contributed by atoms with E-state index in [4.69, 9.17) is 0 Å². The molecule has 1 aromatic carbocycles. The Labute approximate surface area is 87.7 Å². The van der Waals surface area contributed by atoms with Gasteiger partial charge in [-0.2, -0.15) is 0 Å². The summed E-state index contributed by atoms with van der Waals surface area (Å²) in [5, 5.41) is 1.20. The average Bonchev–Trinajstić information content (AvgIpc) is 2.05. The third-order valence-corrected chi connectivity index (χ3v) is 1.51. The van der Waals surface area contributed by atoms with Crippen molar-refractivity contribution in [2.24, 2.45) is 0 Å². The number of aromatic nitrogens is 1. The van der Waals surface area contributed by atoms with Gasteiger partial charge in [-0.05, 0) is 12.1 Å². The molecule has 0 unspecified atom stereocenters. The molecule has 0 N–H and O–H groups in total. The normalized spacial score (nSPS) is 9.09. The molecule has 0 atom stereocenters. The summed E-state index contributed by atoms with van der Waals surface area (Å²) >= 11 is 0. The first-order valence-corrected chi connectivity index (χ1v) is 3.26. The summed E-state index contributed by atoms with van der Waals surface area (Å²) in [6.07, 6.45) is 1.81. The van der Waals surface area contributed by atoms with Gasteiger partial charge >= 0.3 is 0 Å². The predicted molar refractivity (Wildman–Crippen MR) is 47.5 cm³/mol. The van der Waals surface area contributed by atoms with Crippen LogP contribution in [0.3, 0.4) is 0 Å². The molecular formula is C9H7NNa. The van der Waals surface area contributed by atoms with Gasteiger partial charge in [0.25, 0.3) is 0 Å². The minimum Gasteiger partial charge on any atom is -0.256 e. The molecule has 49 valence electrons. The molecule has 0 amide bonds. The van der Waals surface area contributed by atoms with Gasteiger partial charge in [-0.3, -0.25) is 4.98 Å². The molecule has 2 rings (SSSR count). The fraction of sp³-hybridized carbons (Fsp3) is 0. The fourth-order valence-electron chi connectivity index (χ4n) is 1.02. The average molecular weight is 152 g/mol. The predicted octanol–water partition coefficient (Wildman–Crippen LogP) is 1.85. The maximum absolute atomic E-state index is 4.18. The number of hydrogen-bond acceptors (Lipinski definition) is 1. The van der Waals surface area contributed by atoms with Crippen LogP contribution in [0.5, 0.6) is 0 Å². The second-order valence-corrected chi connectivity index (χ2v) is 2.20. The molecule has 0 saturated carbocycles. The molecular weight excluding hydrogens is 145 g/mol. The number of nitrogens with zero attached hydrogens (tertiary/aromatic N) is 1. The van der Waals surface area contributed by atoms with E-state index in [1.807, 2.05) is 30.5 Å². The Hall–Kier alpha value is -0.370. The van der Waals surface area contributed by atoms with E-state index in [0.29, 0.717) is 0 Å². The molecule has 0 saturated heterocycles. The minimum absolute atomic E-state index is 0. The van der Waals surface area contributed by atoms with E-state index in [-0.39, 0.29) is 29.6 Å². The van der Waals surface area contributed by atoms with Crippen LogP contribution in [0.1, 0.15) is 0 Å². The molecule has 1 heterocycles. The minimum atomic E-state index is 0. The Morgan fingerprint density at radius 2 is 1.64 bits per heavy atom. The quantitative estimate of drug-likeness (QED) is 0.525. The van der Waals surface area contributed by atoms with Crippen LogP contribution in [0, 0.1) is 0 Å². The van der Waals surface area contributed by atoms with Crippen LogP contribution in [0.2, 0.25) is 0 Å². The molecule has 2 heteroatoms. The van der Waals surface area contributed by atoms with Crippen molar-refractivity contribution < 1.29 is 0 Å². The Kier molecular flexibility index (Phi) is 3.06. The summed E-state index contributed by atoms with van der Waals surface area (Å²) < 4.78 is 0. The van der Waals surface area contributed by atoms with Gasteiger partial charge in [0.05, 0.1) is 5.52 Å². The van der Waals surface area contributed by atoms with Gasteiger partial charge in [0.1, 0.15) is 0 Å². The van der Waals surface area contributed by atoms with Crippen LogP contribution in [0.15, 0.2) is 42.6 Å². The molecule has 1 nitrogen and oxygen atoms in total. The van der Waals surface area contributed by atoms with E-state index in [0.717, 1.165) is 5.52 Å². The smallest absolute Gasteiger partial charge is 0.0701 e. The largest absolute Gasteiger partial charge is 0.256 e. The van der Waals surface area contributed by atoms with Crippen molar-refractivity contribution in [1.82, 2.24) is 4.98 Å². The number of para-hydroxylation sites is 1. The fourth-order valence-corrected chi connectivity index (χ4v) is 1.02. The molecule has 0 aliphatic heterocycles. The summed E-state index contributed by atoms with van der Waals surface area (Å²) in [6, 6.07) is 12.1. The molecule has 0 aliphatic carbocycles. The monoisotopic (exact) mass is 152 g/mol. The second kappa shape index (κ2) is 3.86. The standard InChI is InChI=1S/C9H7N.Na/c1-2-6-9-8(4-1)5-3-7-10-9;/h1-7H;. The summed E-state index contributed by atoms with van der Waals surface area (Å²) in [7, 11) is 0. The number of fused-ring (bicyclic) bond motifs is 1. The zero-order valence-electron chi connectivity index (χ0n) is 6.49. The number of hydrogen-bond donors (Lipinski definition) is 0. The first-order chi connectivity index (χ1) is 4.97. The van der Waals surface area contributed by atoms with Crippen LogP contribution in [0.4, 0.5) is 0 Å². The summed E-state index contributed by atoms with van der Waals surface area (Å²) in [6.45, 7) is 0. The zero-order chi connectivity index (χ0) is 6.81. The van der Waals surface area contributed by atoms with Gasteiger partial charge in [-0.1, -0.05) is 24.3 Å². The van der Waals surface area contributed by atoms with Crippen molar-refractivity contribution in [3.05, 3.63) is 42.6 Å². The van der Waals surface area contributed by atoms with Crippen molar-refractivity contribution >= 4 is 40.5 Å². The van der Waals surface area contributed by atoms with Crippen molar-refractivity contribution in [2.75, 3.05) is 0 Å². The molecule has 0 bridgehead atoms. The second-order valence-electron chi connectivity index (χ2n) is 2.20. The van der Waals surface area contributed by atoms with E-state index in [1.165, 1.54) is 5.39 Å². The third kappa shape index (κ3) is 1.80. The van der Waals surface area contributed by atoms with E-state index >= 15 is 0 Å². The SMILES string of the molecule is [Na].c1ccc2ncccc2c1. The Morgan fingerprint density at radius 1 is 0.909 bits per heavy atom. The van der Waals surface area contributed by atoms with Gasteiger partial charge in [0.15, 0.2) is 0 Å². The molecule has 1 aromatic heterocycles. The Morgan fingerprint density at radius 3 is 2.45 bits per heavy atom. The Balaban J connectivity index is 0.000000605. The van der Waals surface area contributed by atoms with Crippen molar-refractivity contribution in [3.63, 3.8) is 0 Å². The van der Waals surface area contributed by atoms with Crippen molar-refractivity contribution in [2.45, 2.75) is 0 Å². The van der Waals surface area contributed by atoms with Crippen molar-refractivity contribution in [3.8, 4) is 0 Å². The van der Waals surface area contributed by atoms with E-state index in [1.54, 1.807) is 0 Å². The zero-order valence-corrected chi connectivity index (χ0v) is 8.49. The maximum Gasteiger partial charge on any atom is 0.0701 e. The first-order valence-electron chi connectivity index (χ1n) is 3.26. The van der Waals surface area contributed by atoms with Gasteiger partial charge in [0.2, 0.25) is 0 Å². The molecule has 11 heavy (non-hydrogen) atoms. The number of pyridine rings is 1. The molecule has 0 spiro atoms. The number of rotatable bonds is 0. The maximum atomic E-state index is 4.18. The molecule has 0 fully saturated rings.